The average Bonchev–Trinajstić information content (AvgIpc) is 2.39. The fourth-order valence-corrected chi connectivity index (χ4v) is 2.93. The van der Waals surface area contributed by atoms with Crippen molar-refractivity contribution in [2.75, 3.05) is 26.2 Å². The van der Waals surface area contributed by atoms with Crippen LogP contribution in [0.1, 0.15) is 32.6 Å². The molecule has 0 aliphatic carbocycles. The molecule has 2 heterocycles. The Balaban J connectivity index is 1.89. The quantitative estimate of drug-likeness (QED) is 0.743. The number of piperidine rings is 2. The Bertz CT molecular complexity index is 262. The third-order valence-electron chi connectivity index (χ3n) is 4.14. The fraction of sp³-hybridized carbons (Fsp3) is 0.923. The van der Waals surface area contributed by atoms with Gasteiger partial charge in [-0.2, -0.15) is 0 Å². The summed E-state index contributed by atoms with van der Waals surface area (Å²) < 4.78 is 0. The van der Waals surface area contributed by atoms with Gasteiger partial charge in [0.15, 0.2) is 0 Å². The van der Waals surface area contributed by atoms with Gasteiger partial charge in [0.05, 0.1) is 6.10 Å². The number of carbonyl (C=O) groups excluding carboxylic acids is 1. The lowest BCUT2D eigenvalue weighted by Crippen LogP contribution is -2.47. The monoisotopic (exact) mass is 240 g/mol. The van der Waals surface area contributed by atoms with E-state index in [4.69, 9.17) is 0 Å². The van der Waals surface area contributed by atoms with Crippen LogP contribution in [0.3, 0.4) is 0 Å². The SMILES string of the molecule is C[C@@H](O)[C@H]1CCCN(C(=O)C2CCNCC2)C1. The molecule has 98 valence electrons. The molecule has 0 aromatic carbocycles. The Morgan fingerprint density at radius 1 is 1.35 bits per heavy atom. The molecule has 2 fully saturated rings. The van der Waals surface area contributed by atoms with Crippen molar-refractivity contribution in [1.29, 1.82) is 0 Å². The van der Waals surface area contributed by atoms with Crippen molar-refractivity contribution in [1.82, 2.24) is 10.2 Å². The van der Waals surface area contributed by atoms with Gasteiger partial charge in [0.2, 0.25) is 5.91 Å². The standard InChI is InChI=1S/C13H24N2O2/c1-10(16)12-3-2-8-15(9-12)13(17)11-4-6-14-7-5-11/h10-12,14,16H,2-9H2,1H3/t10-,12+/m1/s1. The summed E-state index contributed by atoms with van der Waals surface area (Å²) in [5.41, 5.74) is 0. The van der Waals surface area contributed by atoms with Crippen molar-refractivity contribution in [3.05, 3.63) is 0 Å². The second kappa shape index (κ2) is 5.83. The highest BCUT2D eigenvalue weighted by molar-refractivity contribution is 5.79. The molecular weight excluding hydrogens is 216 g/mol. The Hall–Kier alpha value is -0.610. The maximum Gasteiger partial charge on any atom is 0.225 e. The molecule has 2 rings (SSSR count). The van der Waals surface area contributed by atoms with Gasteiger partial charge in [-0.1, -0.05) is 0 Å². The van der Waals surface area contributed by atoms with E-state index in [2.05, 4.69) is 5.32 Å². The molecule has 0 saturated carbocycles. The zero-order chi connectivity index (χ0) is 12.3. The molecule has 2 aliphatic rings. The number of carbonyl (C=O) groups is 1. The molecule has 0 radical (unpaired) electrons. The van der Waals surface area contributed by atoms with Crippen LogP contribution in [-0.4, -0.2) is 48.2 Å². The number of amides is 1. The van der Waals surface area contributed by atoms with Crippen molar-refractivity contribution < 1.29 is 9.90 Å². The lowest BCUT2D eigenvalue weighted by molar-refractivity contribution is -0.139. The third kappa shape index (κ3) is 3.19. The number of aliphatic hydroxyl groups excluding tert-OH is 1. The number of nitrogens with one attached hydrogen (secondary N) is 1. The Labute approximate surface area is 103 Å². The van der Waals surface area contributed by atoms with Crippen LogP contribution in [0, 0.1) is 11.8 Å². The minimum Gasteiger partial charge on any atom is -0.393 e. The van der Waals surface area contributed by atoms with Gasteiger partial charge >= 0.3 is 0 Å². The normalized spacial score (nSPS) is 29.1. The summed E-state index contributed by atoms with van der Waals surface area (Å²) >= 11 is 0. The van der Waals surface area contributed by atoms with Crippen LogP contribution in [0.4, 0.5) is 0 Å². The van der Waals surface area contributed by atoms with Gasteiger partial charge in [-0.15, -0.1) is 0 Å². The topological polar surface area (TPSA) is 52.6 Å². The van der Waals surface area contributed by atoms with Gasteiger partial charge in [0.1, 0.15) is 0 Å². The summed E-state index contributed by atoms with van der Waals surface area (Å²) in [4.78, 5) is 14.3. The number of rotatable bonds is 2. The first-order valence-corrected chi connectivity index (χ1v) is 6.86. The van der Waals surface area contributed by atoms with E-state index >= 15 is 0 Å². The Morgan fingerprint density at radius 3 is 2.71 bits per heavy atom. The Morgan fingerprint density at radius 2 is 2.06 bits per heavy atom. The van der Waals surface area contributed by atoms with E-state index in [1.54, 1.807) is 0 Å². The van der Waals surface area contributed by atoms with Crippen molar-refractivity contribution in [3.8, 4) is 0 Å². The van der Waals surface area contributed by atoms with E-state index in [1.165, 1.54) is 0 Å². The first-order chi connectivity index (χ1) is 8.18. The minimum absolute atomic E-state index is 0.212. The fourth-order valence-electron chi connectivity index (χ4n) is 2.93. The molecule has 2 aliphatic heterocycles. The van der Waals surface area contributed by atoms with Gasteiger partial charge in [-0.05, 0) is 45.7 Å². The molecule has 0 spiro atoms. The zero-order valence-electron chi connectivity index (χ0n) is 10.7. The van der Waals surface area contributed by atoms with E-state index in [0.29, 0.717) is 5.91 Å². The molecule has 0 aromatic rings. The summed E-state index contributed by atoms with van der Waals surface area (Å²) in [5, 5.41) is 12.9. The predicted molar refractivity (Wildman–Crippen MR) is 66.6 cm³/mol. The molecule has 0 aromatic heterocycles. The van der Waals surface area contributed by atoms with E-state index in [0.717, 1.165) is 51.9 Å². The van der Waals surface area contributed by atoms with Gasteiger partial charge in [0, 0.05) is 24.9 Å². The molecule has 0 bridgehead atoms. The summed E-state index contributed by atoms with van der Waals surface area (Å²) in [7, 11) is 0. The van der Waals surface area contributed by atoms with Crippen LogP contribution in [0.15, 0.2) is 0 Å². The van der Waals surface area contributed by atoms with Crippen molar-refractivity contribution in [3.63, 3.8) is 0 Å². The summed E-state index contributed by atoms with van der Waals surface area (Å²) in [6.07, 6.45) is 3.72. The summed E-state index contributed by atoms with van der Waals surface area (Å²) in [6.45, 7) is 5.39. The number of hydrogen-bond donors (Lipinski definition) is 2. The number of aliphatic hydroxyl groups is 1. The molecule has 1 amide bonds. The predicted octanol–water partition coefficient (Wildman–Crippen LogP) is 0.605. The summed E-state index contributed by atoms with van der Waals surface area (Å²) in [5.74, 6) is 0.801. The maximum absolute atomic E-state index is 12.3. The molecule has 2 N–H and O–H groups in total. The highest BCUT2D eigenvalue weighted by Crippen LogP contribution is 2.23. The second-order valence-electron chi connectivity index (χ2n) is 5.45. The third-order valence-corrected chi connectivity index (χ3v) is 4.14. The van der Waals surface area contributed by atoms with E-state index < -0.39 is 0 Å². The van der Waals surface area contributed by atoms with Crippen LogP contribution >= 0.6 is 0 Å². The summed E-state index contributed by atoms with van der Waals surface area (Å²) in [6, 6.07) is 0. The molecule has 4 nitrogen and oxygen atoms in total. The molecule has 2 atom stereocenters. The van der Waals surface area contributed by atoms with E-state index in [1.807, 2.05) is 11.8 Å². The van der Waals surface area contributed by atoms with E-state index in [9.17, 15) is 9.90 Å². The highest BCUT2D eigenvalue weighted by atomic mass is 16.3. The molecule has 0 unspecified atom stereocenters. The molecule has 4 heteroatoms. The van der Waals surface area contributed by atoms with Crippen molar-refractivity contribution in [2.24, 2.45) is 11.8 Å². The average molecular weight is 240 g/mol. The zero-order valence-corrected chi connectivity index (χ0v) is 10.7. The molecule has 2 saturated heterocycles. The van der Waals surface area contributed by atoms with Crippen LogP contribution in [0.5, 0.6) is 0 Å². The molecular formula is C13H24N2O2. The van der Waals surface area contributed by atoms with Crippen molar-refractivity contribution >= 4 is 5.91 Å². The number of likely N-dealkylation sites (tertiary alicyclic amines) is 1. The molecule has 17 heavy (non-hydrogen) atoms. The lowest BCUT2D eigenvalue weighted by atomic mass is 9.90. The first-order valence-electron chi connectivity index (χ1n) is 6.86. The van der Waals surface area contributed by atoms with Crippen molar-refractivity contribution in [2.45, 2.75) is 38.7 Å². The Kier molecular flexibility index (Phi) is 4.40. The van der Waals surface area contributed by atoms with Crippen LogP contribution in [0.2, 0.25) is 0 Å². The largest absolute Gasteiger partial charge is 0.393 e. The van der Waals surface area contributed by atoms with Crippen LogP contribution in [-0.2, 0) is 4.79 Å². The van der Waals surface area contributed by atoms with Crippen LogP contribution < -0.4 is 5.32 Å². The van der Waals surface area contributed by atoms with Gasteiger partial charge < -0.3 is 15.3 Å². The lowest BCUT2D eigenvalue weighted by Gasteiger charge is -2.37. The smallest absolute Gasteiger partial charge is 0.225 e. The van der Waals surface area contributed by atoms with Gasteiger partial charge in [-0.25, -0.2) is 0 Å². The number of hydrogen-bond acceptors (Lipinski definition) is 3. The number of nitrogens with zero attached hydrogens (tertiary/aromatic N) is 1. The van der Waals surface area contributed by atoms with Gasteiger partial charge in [-0.3, -0.25) is 4.79 Å². The first kappa shape index (κ1) is 12.8. The van der Waals surface area contributed by atoms with Crippen LogP contribution in [0.25, 0.3) is 0 Å². The highest BCUT2D eigenvalue weighted by Gasteiger charge is 2.30. The second-order valence-corrected chi connectivity index (χ2v) is 5.45. The van der Waals surface area contributed by atoms with Gasteiger partial charge in [0.25, 0.3) is 0 Å². The minimum atomic E-state index is -0.293. The maximum atomic E-state index is 12.3. The van der Waals surface area contributed by atoms with E-state index in [-0.39, 0.29) is 17.9 Å².